The molecule has 1 saturated carbocycles. The Morgan fingerprint density at radius 1 is 1.16 bits per heavy atom. The van der Waals surface area contributed by atoms with Gasteiger partial charge in [-0.15, -0.1) is 0 Å². The summed E-state index contributed by atoms with van der Waals surface area (Å²) in [5, 5.41) is 9.62. The lowest BCUT2D eigenvalue weighted by molar-refractivity contribution is -0.117. The second-order valence-corrected chi connectivity index (χ2v) is 11.4. The van der Waals surface area contributed by atoms with E-state index in [2.05, 4.69) is 58.1 Å². The van der Waals surface area contributed by atoms with Crippen molar-refractivity contribution in [1.29, 1.82) is 0 Å². The fourth-order valence-corrected chi connectivity index (χ4v) is 6.61. The Kier molecular flexibility index (Phi) is 6.19. The zero-order chi connectivity index (χ0) is 25.7. The van der Waals surface area contributed by atoms with Crippen molar-refractivity contribution in [2.45, 2.75) is 45.1 Å². The van der Waals surface area contributed by atoms with Gasteiger partial charge in [-0.1, -0.05) is 13.3 Å². The fourth-order valence-electron chi connectivity index (χ4n) is 6.61. The van der Waals surface area contributed by atoms with E-state index in [1.165, 1.54) is 11.3 Å². The number of anilines is 2. The van der Waals surface area contributed by atoms with Crippen LogP contribution in [0.5, 0.6) is 0 Å². The summed E-state index contributed by atoms with van der Waals surface area (Å²) in [6.45, 7) is 12.5. The van der Waals surface area contributed by atoms with E-state index in [-0.39, 0.29) is 23.3 Å². The van der Waals surface area contributed by atoms with Crippen molar-refractivity contribution in [2.75, 3.05) is 49.6 Å². The predicted molar refractivity (Wildman–Crippen MR) is 146 cm³/mol. The van der Waals surface area contributed by atoms with Crippen molar-refractivity contribution in [3.8, 4) is 0 Å². The molecular weight excluding hydrogens is 464 g/mol. The third-order valence-corrected chi connectivity index (χ3v) is 8.92. The number of carbonyl (C=O) groups is 1. The molecule has 0 radical (unpaired) electrons. The Balaban J connectivity index is 1.16. The molecule has 37 heavy (non-hydrogen) atoms. The molecule has 0 spiro atoms. The molecule has 1 amide bonds. The zero-order valence-corrected chi connectivity index (χ0v) is 22.4. The third kappa shape index (κ3) is 4.50. The van der Waals surface area contributed by atoms with Crippen molar-refractivity contribution in [1.82, 2.24) is 19.7 Å². The number of hydrogen-bond donors (Lipinski definition) is 1. The van der Waals surface area contributed by atoms with E-state index >= 15 is 0 Å². The fraction of sp³-hybridized carbons (Fsp3) is 0.552. The maximum atomic E-state index is 13.2. The molecule has 2 aromatic heterocycles. The number of piperazine rings is 1. The maximum Gasteiger partial charge on any atom is 0.229 e. The van der Waals surface area contributed by atoms with Crippen molar-refractivity contribution in [3.05, 3.63) is 47.9 Å². The normalized spacial score (nSPS) is 28.1. The van der Waals surface area contributed by atoms with Crippen LogP contribution in [-0.4, -0.2) is 70.5 Å². The van der Waals surface area contributed by atoms with Gasteiger partial charge in [0, 0.05) is 80.7 Å². The van der Waals surface area contributed by atoms with E-state index in [0.717, 1.165) is 68.6 Å². The molecule has 3 aliphatic rings. The number of carbonyl (C=O) groups excluding carboxylic acids is 1. The average Bonchev–Trinajstić information content (AvgIpc) is 3.18. The van der Waals surface area contributed by atoms with Gasteiger partial charge in [-0.2, -0.15) is 5.10 Å². The smallest absolute Gasteiger partial charge is 0.229 e. The number of nitrogens with zero attached hydrogens (tertiary/aromatic N) is 5. The van der Waals surface area contributed by atoms with Crippen molar-refractivity contribution in [2.24, 2.45) is 18.9 Å². The van der Waals surface area contributed by atoms with Crippen LogP contribution in [0.4, 0.5) is 11.5 Å². The Morgan fingerprint density at radius 2 is 1.97 bits per heavy atom. The predicted octanol–water partition coefficient (Wildman–Crippen LogP) is 3.96. The number of ether oxygens (including phenoxy) is 1. The first-order valence-corrected chi connectivity index (χ1v) is 13.6. The van der Waals surface area contributed by atoms with Gasteiger partial charge in [0.1, 0.15) is 5.82 Å². The summed E-state index contributed by atoms with van der Waals surface area (Å²) >= 11 is 0. The first-order valence-electron chi connectivity index (χ1n) is 13.6. The Bertz CT molecular complexity index is 1300. The molecule has 1 aliphatic carbocycles. The lowest BCUT2D eigenvalue weighted by Gasteiger charge is -2.44. The standard InChI is InChI=1S/C29H38N6O2/c1-5-23-26(22-16-31-33(4)17-22)27(23)28(36)32-25-14-20-13-24(19(2)12-21(20)15-30-25)34-7-9-35(10-8-34)29(3)6-11-37-18-29/h12-17,23,26-27H,5-11,18H2,1-4H3,(H,30,32,36)/t23-,26-,27-,29-/m0/s1. The SMILES string of the molecule is CC[C@@H]1[C@H](C(=O)Nc2cc3cc(N4CCN([C@@]5(C)CCOC5)CC4)c(C)cc3cn2)[C@H]1c1cnn(C)c1. The molecule has 2 aliphatic heterocycles. The number of hydrogen-bond acceptors (Lipinski definition) is 6. The highest BCUT2D eigenvalue weighted by molar-refractivity contribution is 5.97. The Morgan fingerprint density at radius 3 is 2.65 bits per heavy atom. The summed E-state index contributed by atoms with van der Waals surface area (Å²) in [7, 11) is 1.92. The van der Waals surface area contributed by atoms with Crippen LogP contribution in [0.15, 0.2) is 36.8 Å². The van der Waals surface area contributed by atoms with Gasteiger partial charge in [-0.3, -0.25) is 14.4 Å². The molecule has 3 aromatic rings. The summed E-state index contributed by atoms with van der Waals surface area (Å²) < 4.78 is 7.50. The van der Waals surface area contributed by atoms with Gasteiger partial charge < -0.3 is 15.0 Å². The van der Waals surface area contributed by atoms with Crippen molar-refractivity contribution < 1.29 is 9.53 Å². The lowest BCUT2D eigenvalue weighted by atomic mass is 9.97. The maximum absolute atomic E-state index is 13.2. The minimum atomic E-state index is -0.0244. The van der Waals surface area contributed by atoms with Gasteiger partial charge in [0.05, 0.1) is 12.8 Å². The van der Waals surface area contributed by atoms with Gasteiger partial charge in [0.25, 0.3) is 0 Å². The van der Waals surface area contributed by atoms with E-state index in [1.54, 1.807) is 0 Å². The Labute approximate surface area is 219 Å². The summed E-state index contributed by atoms with van der Waals surface area (Å²) in [5.41, 5.74) is 3.86. The van der Waals surface area contributed by atoms with E-state index < -0.39 is 0 Å². The highest BCUT2D eigenvalue weighted by Crippen LogP contribution is 2.56. The third-order valence-electron chi connectivity index (χ3n) is 8.92. The summed E-state index contributed by atoms with van der Waals surface area (Å²) in [6.07, 6.45) is 7.89. The van der Waals surface area contributed by atoms with Crippen LogP contribution < -0.4 is 10.2 Å². The minimum Gasteiger partial charge on any atom is -0.379 e. The van der Waals surface area contributed by atoms with Gasteiger partial charge in [-0.05, 0) is 60.9 Å². The molecule has 8 heteroatoms. The number of fused-ring (bicyclic) bond motifs is 1. The highest BCUT2D eigenvalue weighted by Gasteiger charge is 2.54. The summed E-state index contributed by atoms with van der Waals surface area (Å²) in [6, 6.07) is 6.50. The first kappa shape index (κ1) is 24.4. The van der Waals surface area contributed by atoms with Gasteiger partial charge in [0.2, 0.25) is 5.91 Å². The van der Waals surface area contributed by atoms with Gasteiger partial charge in [0.15, 0.2) is 0 Å². The number of pyridine rings is 1. The highest BCUT2D eigenvalue weighted by atomic mass is 16.5. The molecule has 2 saturated heterocycles. The first-order chi connectivity index (χ1) is 17.9. The second-order valence-electron chi connectivity index (χ2n) is 11.4. The van der Waals surface area contributed by atoms with Crippen LogP contribution in [0.2, 0.25) is 0 Å². The lowest BCUT2D eigenvalue weighted by Crippen LogP contribution is -2.56. The molecule has 6 rings (SSSR count). The van der Waals surface area contributed by atoms with Crippen LogP contribution in [0.25, 0.3) is 10.8 Å². The van der Waals surface area contributed by atoms with Gasteiger partial charge >= 0.3 is 0 Å². The molecule has 0 bridgehead atoms. The van der Waals surface area contributed by atoms with Crippen molar-refractivity contribution >= 4 is 28.2 Å². The van der Waals surface area contributed by atoms with Crippen molar-refractivity contribution in [3.63, 3.8) is 0 Å². The molecule has 4 atom stereocenters. The van der Waals surface area contributed by atoms with Crippen LogP contribution >= 0.6 is 0 Å². The molecule has 8 nitrogen and oxygen atoms in total. The van der Waals surface area contributed by atoms with E-state index in [4.69, 9.17) is 4.74 Å². The van der Waals surface area contributed by atoms with Gasteiger partial charge in [-0.25, -0.2) is 4.98 Å². The second kappa shape index (κ2) is 9.40. The van der Waals surface area contributed by atoms with Crippen LogP contribution in [0.3, 0.4) is 0 Å². The molecule has 1 aromatic carbocycles. The quantitative estimate of drug-likeness (QED) is 0.550. The summed E-state index contributed by atoms with van der Waals surface area (Å²) in [4.78, 5) is 22.9. The largest absolute Gasteiger partial charge is 0.379 e. The molecule has 0 unspecified atom stereocenters. The molecule has 3 fully saturated rings. The topological polar surface area (TPSA) is 75.5 Å². The molecular formula is C29H38N6O2. The van der Waals surface area contributed by atoms with Crippen LogP contribution in [-0.2, 0) is 16.6 Å². The number of amides is 1. The van der Waals surface area contributed by atoms with E-state index in [0.29, 0.717) is 11.7 Å². The summed E-state index contributed by atoms with van der Waals surface area (Å²) in [5.74, 6) is 1.25. The molecule has 196 valence electrons. The zero-order valence-electron chi connectivity index (χ0n) is 22.4. The minimum absolute atomic E-state index is 0.0244. The average molecular weight is 503 g/mol. The van der Waals surface area contributed by atoms with E-state index in [1.807, 2.05) is 36.4 Å². The molecule has 4 heterocycles. The number of nitrogens with one attached hydrogen (secondary N) is 1. The molecule has 1 N–H and O–H groups in total. The van der Waals surface area contributed by atoms with Crippen LogP contribution in [0.1, 0.15) is 43.7 Å². The number of aryl methyl sites for hydroxylation is 2. The monoisotopic (exact) mass is 502 g/mol. The van der Waals surface area contributed by atoms with E-state index in [9.17, 15) is 4.79 Å². The number of aromatic nitrogens is 3. The Hall–Kier alpha value is -2.97. The number of rotatable bonds is 6. The number of benzene rings is 1. The van der Waals surface area contributed by atoms with Crippen LogP contribution in [0, 0.1) is 18.8 Å².